The minimum Gasteiger partial charge on any atom is -0.396 e. The van der Waals surface area contributed by atoms with Gasteiger partial charge in [0.2, 0.25) is 11.7 Å². The average Bonchev–Trinajstić information content (AvgIpc) is 3.06. The van der Waals surface area contributed by atoms with Crippen molar-refractivity contribution in [2.24, 2.45) is 5.92 Å². The van der Waals surface area contributed by atoms with Crippen molar-refractivity contribution in [3.05, 3.63) is 16.8 Å². The molecule has 0 fully saturated rings. The third-order valence-electron chi connectivity index (χ3n) is 2.48. The van der Waals surface area contributed by atoms with E-state index in [4.69, 9.17) is 5.11 Å². The van der Waals surface area contributed by atoms with Crippen LogP contribution in [0.3, 0.4) is 0 Å². The molecule has 0 saturated carbocycles. The van der Waals surface area contributed by atoms with Crippen LogP contribution in [0.1, 0.15) is 6.92 Å². The summed E-state index contributed by atoms with van der Waals surface area (Å²) in [6.07, 6.45) is 0. The third-order valence-corrected chi connectivity index (χ3v) is 3.16. The first-order chi connectivity index (χ1) is 9.19. The van der Waals surface area contributed by atoms with E-state index in [1.807, 2.05) is 23.8 Å². The summed E-state index contributed by atoms with van der Waals surface area (Å²) < 4.78 is 0. The molecule has 1 unspecified atom stereocenters. The second-order valence-corrected chi connectivity index (χ2v) is 5.03. The summed E-state index contributed by atoms with van der Waals surface area (Å²) in [6.45, 7) is 2.35. The number of carbonyl (C=O) groups is 1. The van der Waals surface area contributed by atoms with Gasteiger partial charge < -0.3 is 10.4 Å². The highest BCUT2D eigenvalue weighted by Crippen LogP contribution is 2.16. The zero-order chi connectivity index (χ0) is 13.7. The molecule has 0 saturated heterocycles. The van der Waals surface area contributed by atoms with Crippen LogP contribution < -0.4 is 5.32 Å². The molecule has 2 aromatic heterocycles. The molecular weight excluding hydrogens is 266 g/mol. The molecule has 8 heteroatoms. The molecule has 2 aromatic rings. The molecule has 1 atom stereocenters. The standard InChI is InChI=1S/C11H15N5O2S/c1-8(6-17)4-12-10(18)5-16-14-11(13-15-16)9-2-3-19-7-9/h2-3,7-8,17H,4-6H2,1H3,(H,12,18). The van der Waals surface area contributed by atoms with Crippen molar-refractivity contribution in [3.63, 3.8) is 0 Å². The lowest BCUT2D eigenvalue weighted by atomic mass is 10.2. The van der Waals surface area contributed by atoms with E-state index >= 15 is 0 Å². The van der Waals surface area contributed by atoms with E-state index < -0.39 is 0 Å². The molecule has 0 radical (unpaired) electrons. The zero-order valence-electron chi connectivity index (χ0n) is 10.5. The molecule has 7 nitrogen and oxygen atoms in total. The van der Waals surface area contributed by atoms with Gasteiger partial charge in [0, 0.05) is 24.1 Å². The van der Waals surface area contributed by atoms with E-state index in [0.29, 0.717) is 12.4 Å². The van der Waals surface area contributed by atoms with E-state index in [0.717, 1.165) is 5.56 Å². The summed E-state index contributed by atoms with van der Waals surface area (Å²) in [5, 5.41) is 27.3. The quantitative estimate of drug-likeness (QED) is 0.786. The summed E-state index contributed by atoms with van der Waals surface area (Å²) in [6, 6.07) is 1.90. The van der Waals surface area contributed by atoms with Gasteiger partial charge in [-0.3, -0.25) is 4.79 Å². The van der Waals surface area contributed by atoms with Gasteiger partial charge in [0.05, 0.1) is 0 Å². The molecule has 19 heavy (non-hydrogen) atoms. The number of aliphatic hydroxyl groups is 1. The third kappa shape index (κ3) is 3.83. The second-order valence-electron chi connectivity index (χ2n) is 4.25. The minimum atomic E-state index is -0.199. The monoisotopic (exact) mass is 281 g/mol. The SMILES string of the molecule is CC(CO)CNC(=O)Cn1nnc(-c2ccsc2)n1. The Morgan fingerprint density at radius 1 is 1.63 bits per heavy atom. The van der Waals surface area contributed by atoms with Crippen LogP contribution in [0.15, 0.2) is 16.8 Å². The maximum atomic E-state index is 11.6. The number of nitrogens with one attached hydrogen (secondary N) is 1. The Kier molecular flexibility index (Phi) is 4.58. The molecular formula is C11H15N5O2S. The van der Waals surface area contributed by atoms with Crippen molar-refractivity contribution in [2.45, 2.75) is 13.5 Å². The van der Waals surface area contributed by atoms with Gasteiger partial charge in [-0.25, -0.2) is 0 Å². The van der Waals surface area contributed by atoms with Gasteiger partial charge in [0.25, 0.3) is 0 Å². The number of aliphatic hydroxyl groups excluding tert-OH is 1. The van der Waals surface area contributed by atoms with Gasteiger partial charge in [-0.15, -0.1) is 10.2 Å². The molecule has 0 bridgehead atoms. The van der Waals surface area contributed by atoms with Gasteiger partial charge in [0.1, 0.15) is 6.54 Å². The van der Waals surface area contributed by atoms with Crippen molar-refractivity contribution in [2.75, 3.05) is 13.2 Å². The predicted octanol–water partition coefficient (Wildman–Crippen LogP) is 0.146. The lowest BCUT2D eigenvalue weighted by Gasteiger charge is -2.08. The van der Waals surface area contributed by atoms with Crippen LogP contribution >= 0.6 is 11.3 Å². The Balaban J connectivity index is 1.88. The molecule has 1 amide bonds. The Morgan fingerprint density at radius 2 is 2.47 bits per heavy atom. The molecule has 0 aromatic carbocycles. The molecule has 102 valence electrons. The minimum absolute atomic E-state index is 0.0231. The molecule has 0 aliphatic carbocycles. The molecule has 2 rings (SSSR count). The average molecular weight is 281 g/mol. The summed E-state index contributed by atoms with van der Waals surface area (Å²) in [5.41, 5.74) is 0.894. The van der Waals surface area contributed by atoms with Gasteiger partial charge in [-0.2, -0.15) is 16.1 Å². The highest BCUT2D eigenvalue weighted by atomic mass is 32.1. The number of hydrogen-bond acceptors (Lipinski definition) is 6. The first-order valence-electron chi connectivity index (χ1n) is 5.87. The normalized spacial score (nSPS) is 12.3. The number of aromatic nitrogens is 4. The van der Waals surface area contributed by atoms with Gasteiger partial charge >= 0.3 is 0 Å². The molecule has 2 N–H and O–H groups in total. The van der Waals surface area contributed by atoms with Gasteiger partial charge in [-0.05, 0) is 22.6 Å². The summed E-state index contributed by atoms with van der Waals surface area (Å²) in [4.78, 5) is 12.9. The molecule has 0 spiro atoms. The lowest BCUT2D eigenvalue weighted by Crippen LogP contribution is -2.32. The van der Waals surface area contributed by atoms with E-state index in [9.17, 15) is 4.79 Å². The van der Waals surface area contributed by atoms with Crippen LogP contribution in [0.2, 0.25) is 0 Å². The summed E-state index contributed by atoms with van der Waals surface area (Å²) >= 11 is 1.55. The number of carbonyl (C=O) groups excluding carboxylic acids is 1. The van der Waals surface area contributed by atoms with Crippen molar-refractivity contribution in [3.8, 4) is 11.4 Å². The van der Waals surface area contributed by atoms with E-state index in [-0.39, 0.29) is 25.0 Å². The van der Waals surface area contributed by atoms with Crippen molar-refractivity contribution in [1.82, 2.24) is 25.5 Å². The van der Waals surface area contributed by atoms with Crippen molar-refractivity contribution < 1.29 is 9.90 Å². The fourth-order valence-corrected chi connectivity index (χ4v) is 1.99. The topological polar surface area (TPSA) is 92.9 Å². The Labute approximate surface area is 114 Å². The Hall–Kier alpha value is -1.80. The summed E-state index contributed by atoms with van der Waals surface area (Å²) in [7, 11) is 0. The maximum Gasteiger partial charge on any atom is 0.243 e. The van der Waals surface area contributed by atoms with Gasteiger partial charge in [-0.1, -0.05) is 6.92 Å². The van der Waals surface area contributed by atoms with Crippen LogP contribution in [0.4, 0.5) is 0 Å². The zero-order valence-corrected chi connectivity index (χ0v) is 11.3. The molecule has 2 heterocycles. The Bertz CT molecular complexity index is 525. The number of nitrogens with zero attached hydrogens (tertiary/aromatic N) is 4. The fourth-order valence-electron chi connectivity index (χ4n) is 1.35. The first-order valence-corrected chi connectivity index (χ1v) is 6.81. The van der Waals surface area contributed by atoms with E-state index in [1.54, 1.807) is 11.3 Å². The van der Waals surface area contributed by atoms with Crippen LogP contribution in [-0.2, 0) is 11.3 Å². The van der Waals surface area contributed by atoms with E-state index in [1.165, 1.54) is 4.80 Å². The number of tetrazole rings is 1. The van der Waals surface area contributed by atoms with E-state index in [2.05, 4.69) is 20.7 Å². The van der Waals surface area contributed by atoms with Crippen LogP contribution in [0.25, 0.3) is 11.4 Å². The highest BCUT2D eigenvalue weighted by molar-refractivity contribution is 7.08. The Morgan fingerprint density at radius 3 is 3.16 bits per heavy atom. The summed E-state index contributed by atoms with van der Waals surface area (Å²) in [5.74, 6) is 0.348. The molecule has 0 aliphatic heterocycles. The van der Waals surface area contributed by atoms with Crippen LogP contribution in [0.5, 0.6) is 0 Å². The molecule has 0 aliphatic rings. The van der Waals surface area contributed by atoms with Crippen molar-refractivity contribution in [1.29, 1.82) is 0 Å². The number of thiophene rings is 1. The first kappa shape index (κ1) is 13.6. The highest BCUT2D eigenvalue weighted by Gasteiger charge is 2.10. The lowest BCUT2D eigenvalue weighted by molar-refractivity contribution is -0.122. The maximum absolute atomic E-state index is 11.6. The number of hydrogen-bond donors (Lipinski definition) is 2. The second kappa shape index (κ2) is 6.39. The number of amides is 1. The van der Waals surface area contributed by atoms with Crippen LogP contribution in [0, 0.1) is 5.92 Å². The predicted molar refractivity (Wildman–Crippen MR) is 70.4 cm³/mol. The number of rotatable bonds is 6. The van der Waals surface area contributed by atoms with Gasteiger partial charge in [0.15, 0.2) is 0 Å². The fraction of sp³-hybridized carbons (Fsp3) is 0.455. The van der Waals surface area contributed by atoms with Crippen LogP contribution in [-0.4, -0.2) is 44.4 Å². The smallest absolute Gasteiger partial charge is 0.243 e. The largest absolute Gasteiger partial charge is 0.396 e. The van der Waals surface area contributed by atoms with Crippen molar-refractivity contribution >= 4 is 17.2 Å².